The second kappa shape index (κ2) is 6.72. The van der Waals surface area contributed by atoms with Crippen LogP contribution in [0, 0.1) is 19.7 Å². The van der Waals surface area contributed by atoms with Gasteiger partial charge in [0.05, 0.1) is 5.02 Å². The van der Waals surface area contributed by atoms with Gasteiger partial charge in [-0.05, 0) is 38.5 Å². The van der Waals surface area contributed by atoms with Crippen molar-refractivity contribution in [2.24, 2.45) is 0 Å². The first-order valence-electron chi connectivity index (χ1n) is 6.78. The summed E-state index contributed by atoms with van der Waals surface area (Å²) in [6, 6.07) is 4.67. The van der Waals surface area contributed by atoms with Crippen LogP contribution in [-0.4, -0.2) is 16.5 Å². The summed E-state index contributed by atoms with van der Waals surface area (Å²) >= 11 is 5.78. The molecular weight excluding hydrogens is 291 g/mol. The predicted molar refractivity (Wildman–Crippen MR) is 84.4 cm³/mol. The molecule has 21 heavy (non-hydrogen) atoms. The van der Waals surface area contributed by atoms with E-state index in [0.717, 1.165) is 29.3 Å². The Kier molecular flexibility index (Phi) is 4.96. The van der Waals surface area contributed by atoms with E-state index in [2.05, 4.69) is 20.6 Å². The van der Waals surface area contributed by atoms with Crippen LogP contribution in [0.15, 0.2) is 18.2 Å². The van der Waals surface area contributed by atoms with Gasteiger partial charge in [-0.25, -0.2) is 14.4 Å². The summed E-state index contributed by atoms with van der Waals surface area (Å²) in [4.78, 5) is 8.77. The Hall–Kier alpha value is -1.88. The third-order valence-corrected chi connectivity index (χ3v) is 3.34. The molecule has 0 saturated heterocycles. The molecule has 1 aromatic heterocycles. The summed E-state index contributed by atoms with van der Waals surface area (Å²) in [7, 11) is 0. The van der Waals surface area contributed by atoms with Crippen molar-refractivity contribution in [3.8, 4) is 0 Å². The first-order valence-corrected chi connectivity index (χ1v) is 7.16. The number of benzene rings is 1. The molecule has 0 aliphatic rings. The summed E-state index contributed by atoms with van der Waals surface area (Å²) in [6.45, 7) is 7.13. The van der Waals surface area contributed by atoms with Gasteiger partial charge >= 0.3 is 0 Å². The maximum atomic E-state index is 13.1. The van der Waals surface area contributed by atoms with Gasteiger partial charge in [0.15, 0.2) is 0 Å². The van der Waals surface area contributed by atoms with E-state index in [1.165, 1.54) is 6.07 Å². The normalized spacial score (nSPS) is 10.5. The van der Waals surface area contributed by atoms with Gasteiger partial charge in [0.25, 0.3) is 0 Å². The summed E-state index contributed by atoms with van der Waals surface area (Å²) in [5, 5.41) is 6.58. The lowest BCUT2D eigenvalue weighted by atomic mass is 10.2. The van der Waals surface area contributed by atoms with Gasteiger partial charge in [-0.1, -0.05) is 17.7 Å². The predicted octanol–water partition coefficient (Wildman–Crippen LogP) is 3.93. The number of aryl methyl sites for hydroxylation is 1. The minimum Gasteiger partial charge on any atom is -0.370 e. The molecular formula is C15H18ClFN4. The summed E-state index contributed by atoms with van der Waals surface area (Å²) in [6.07, 6.45) is 0. The molecule has 2 rings (SSSR count). The number of aromatic nitrogens is 2. The molecule has 0 amide bonds. The molecule has 0 saturated carbocycles. The molecule has 112 valence electrons. The van der Waals surface area contributed by atoms with E-state index in [1.807, 2.05) is 20.8 Å². The average molecular weight is 309 g/mol. The van der Waals surface area contributed by atoms with Crippen LogP contribution in [0.5, 0.6) is 0 Å². The van der Waals surface area contributed by atoms with Crippen LogP contribution in [0.1, 0.15) is 23.9 Å². The van der Waals surface area contributed by atoms with E-state index < -0.39 is 5.82 Å². The van der Waals surface area contributed by atoms with Crippen molar-refractivity contribution in [2.45, 2.75) is 27.3 Å². The number of anilines is 2. The zero-order valence-electron chi connectivity index (χ0n) is 12.3. The Morgan fingerprint density at radius 2 is 1.81 bits per heavy atom. The molecule has 6 heteroatoms. The minimum absolute atomic E-state index is 0.123. The van der Waals surface area contributed by atoms with Gasteiger partial charge in [0.2, 0.25) is 0 Å². The van der Waals surface area contributed by atoms with Crippen molar-refractivity contribution in [2.75, 3.05) is 17.2 Å². The van der Waals surface area contributed by atoms with Crippen molar-refractivity contribution in [3.63, 3.8) is 0 Å². The highest BCUT2D eigenvalue weighted by atomic mass is 35.5. The topological polar surface area (TPSA) is 49.8 Å². The molecule has 0 aliphatic carbocycles. The molecule has 0 spiro atoms. The molecule has 1 heterocycles. The standard InChI is InChI=1S/C15H18ClFN4/c1-4-18-14-9(2)15(21-10(3)20-14)19-8-11-5-6-13(17)12(16)7-11/h5-7H,4,8H2,1-3H3,(H2,18,19,20,21). The lowest BCUT2D eigenvalue weighted by molar-refractivity contribution is 0.627. The number of halogens is 2. The Morgan fingerprint density at radius 1 is 1.14 bits per heavy atom. The van der Waals surface area contributed by atoms with E-state index >= 15 is 0 Å². The largest absolute Gasteiger partial charge is 0.370 e. The monoisotopic (exact) mass is 308 g/mol. The molecule has 2 N–H and O–H groups in total. The minimum atomic E-state index is -0.413. The highest BCUT2D eigenvalue weighted by Gasteiger charge is 2.09. The fourth-order valence-electron chi connectivity index (χ4n) is 1.98. The van der Waals surface area contributed by atoms with Gasteiger partial charge < -0.3 is 10.6 Å². The van der Waals surface area contributed by atoms with Crippen LogP contribution in [0.25, 0.3) is 0 Å². The summed E-state index contributed by atoms with van der Waals surface area (Å²) in [5.41, 5.74) is 1.85. The second-order valence-electron chi connectivity index (χ2n) is 4.73. The lowest BCUT2D eigenvalue weighted by Gasteiger charge is -2.13. The van der Waals surface area contributed by atoms with E-state index in [1.54, 1.807) is 12.1 Å². The first kappa shape index (κ1) is 15.5. The van der Waals surface area contributed by atoms with Gasteiger partial charge in [0, 0.05) is 18.7 Å². The number of nitrogens with zero attached hydrogens (tertiary/aromatic N) is 2. The Balaban J connectivity index is 2.17. The van der Waals surface area contributed by atoms with Crippen molar-refractivity contribution < 1.29 is 4.39 Å². The van der Waals surface area contributed by atoms with Crippen molar-refractivity contribution in [1.82, 2.24) is 9.97 Å². The summed E-state index contributed by atoms with van der Waals surface area (Å²) < 4.78 is 13.1. The fraction of sp³-hybridized carbons (Fsp3) is 0.333. The van der Waals surface area contributed by atoms with E-state index in [0.29, 0.717) is 12.4 Å². The second-order valence-corrected chi connectivity index (χ2v) is 5.13. The molecule has 0 unspecified atom stereocenters. The molecule has 4 nitrogen and oxygen atoms in total. The van der Waals surface area contributed by atoms with Crippen LogP contribution in [0.4, 0.5) is 16.0 Å². The van der Waals surface area contributed by atoms with E-state index in [4.69, 9.17) is 11.6 Å². The molecule has 0 aliphatic heterocycles. The number of hydrogen-bond acceptors (Lipinski definition) is 4. The Bertz CT molecular complexity index is 646. The van der Waals surface area contributed by atoms with Gasteiger partial charge in [0.1, 0.15) is 23.3 Å². The van der Waals surface area contributed by atoms with Crippen LogP contribution < -0.4 is 10.6 Å². The van der Waals surface area contributed by atoms with Crippen LogP contribution in [0.3, 0.4) is 0 Å². The van der Waals surface area contributed by atoms with E-state index in [9.17, 15) is 4.39 Å². The molecule has 0 fully saturated rings. The smallest absolute Gasteiger partial charge is 0.141 e. The first-order chi connectivity index (χ1) is 10.0. The molecule has 0 atom stereocenters. The summed E-state index contributed by atoms with van der Waals surface area (Å²) in [5.74, 6) is 1.86. The van der Waals surface area contributed by atoms with Gasteiger partial charge in [-0.3, -0.25) is 0 Å². The van der Waals surface area contributed by atoms with Crippen LogP contribution in [0.2, 0.25) is 5.02 Å². The van der Waals surface area contributed by atoms with Crippen LogP contribution in [-0.2, 0) is 6.54 Å². The maximum Gasteiger partial charge on any atom is 0.141 e. The maximum absolute atomic E-state index is 13.1. The Morgan fingerprint density at radius 3 is 2.43 bits per heavy atom. The van der Waals surface area contributed by atoms with Crippen molar-refractivity contribution in [1.29, 1.82) is 0 Å². The van der Waals surface area contributed by atoms with Gasteiger partial charge in [-0.2, -0.15) is 0 Å². The SMILES string of the molecule is CCNc1nc(C)nc(NCc2ccc(F)c(Cl)c2)c1C. The number of nitrogens with one attached hydrogen (secondary N) is 2. The van der Waals surface area contributed by atoms with Crippen molar-refractivity contribution in [3.05, 3.63) is 46.0 Å². The van der Waals surface area contributed by atoms with E-state index in [-0.39, 0.29) is 5.02 Å². The zero-order chi connectivity index (χ0) is 15.4. The number of rotatable bonds is 5. The Labute approximate surface area is 128 Å². The fourth-order valence-corrected chi connectivity index (χ4v) is 2.18. The molecule has 0 bridgehead atoms. The lowest BCUT2D eigenvalue weighted by Crippen LogP contribution is -2.10. The molecule has 0 radical (unpaired) electrons. The third kappa shape index (κ3) is 3.82. The highest BCUT2D eigenvalue weighted by molar-refractivity contribution is 6.30. The molecule has 2 aromatic rings. The zero-order valence-corrected chi connectivity index (χ0v) is 13.1. The molecule has 1 aromatic carbocycles. The quantitative estimate of drug-likeness (QED) is 0.878. The highest BCUT2D eigenvalue weighted by Crippen LogP contribution is 2.21. The third-order valence-electron chi connectivity index (χ3n) is 3.05. The van der Waals surface area contributed by atoms with Gasteiger partial charge in [-0.15, -0.1) is 0 Å². The number of hydrogen-bond donors (Lipinski definition) is 2. The van der Waals surface area contributed by atoms with Crippen molar-refractivity contribution >= 4 is 23.2 Å². The average Bonchev–Trinajstić information content (AvgIpc) is 2.44. The van der Waals surface area contributed by atoms with Crippen LogP contribution >= 0.6 is 11.6 Å².